The first-order valence-electron chi connectivity index (χ1n) is 6.24. The van der Waals surface area contributed by atoms with E-state index in [0.29, 0.717) is 12.2 Å². The molecule has 1 aliphatic rings. The van der Waals surface area contributed by atoms with Crippen LogP contribution in [0.25, 0.3) is 0 Å². The Balaban J connectivity index is 1.86. The molecule has 1 fully saturated rings. The summed E-state index contributed by atoms with van der Waals surface area (Å²) in [5.41, 5.74) is 0.406. The Morgan fingerprint density at radius 3 is 2.89 bits per heavy atom. The van der Waals surface area contributed by atoms with Crippen LogP contribution in [0.4, 0.5) is 0 Å². The highest BCUT2D eigenvalue weighted by Crippen LogP contribution is 2.23. The summed E-state index contributed by atoms with van der Waals surface area (Å²) in [6, 6.07) is 3.47. The maximum Gasteiger partial charge on any atom is 0.269 e. The minimum absolute atomic E-state index is 0.179. The second-order valence-electron chi connectivity index (χ2n) is 4.68. The zero-order valence-electron chi connectivity index (χ0n) is 10.1. The van der Waals surface area contributed by atoms with E-state index in [1.54, 1.807) is 18.3 Å². The molecule has 1 aromatic heterocycles. The van der Waals surface area contributed by atoms with Gasteiger partial charge in [-0.2, -0.15) is 0 Å². The number of aliphatic hydroxyl groups excluding tert-OH is 1. The third-order valence-corrected chi connectivity index (χ3v) is 3.82. The molecule has 0 aliphatic heterocycles. The number of halogens is 1. The van der Waals surface area contributed by atoms with E-state index in [-0.39, 0.29) is 17.9 Å². The van der Waals surface area contributed by atoms with E-state index in [0.717, 1.165) is 30.2 Å². The van der Waals surface area contributed by atoms with Crippen molar-refractivity contribution in [1.29, 1.82) is 0 Å². The van der Waals surface area contributed by atoms with Gasteiger partial charge in [-0.05, 0) is 40.9 Å². The van der Waals surface area contributed by atoms with Crippen molar-refractivity contribution in [3.8, 4) is 0 Å². The van der Waals surface area contributed by atoms with Gasteiger partial charge in [0, 0.05) is 23.1 Å². The van der Waals surface area contributed by atoms with Gasteiger partial charge in [0.25, 0.3) is 5.91 Å². The van der Waals surface area contributed by atoms with Gasteiger partial charge in [0.15, 0.2) is 0 Å². The molecule has 2 atom stereocenters. The molecule has 2 unspecified atom stereocenters. The molecule has 0 saturated heterocycles. The summed E-state index contributed by atoms with van der Waals surface area (Å²) < 4.78 is 0.849. The first-order chi connectivity index (χ1) is 8.66. The topological polar surface area (TPSA) is 62.2 Å². The molecule has 2 N–H and O–H groups in total. The molecule has 1 heterocycles. The predicted octanol–water partition coefficient (Wildman–Crippen LogP) is 2.12. The molecule has 0 aromatic carbocycles. The van der Waals surface area contributed by atoms with Crippen molar-refractivity contribution in [1.82, 2.24) is 10.3 Å². The van der Waals surface area contributed by atoms with Crippen molar-refractivity contribution in [2.75, 3.05) is 6.54 Å². The van der Waals surface area contributed by atoms with Crippen LogP contribution in [0.15, 0.2) is 22.8 Å². The summed E-state index contributed by atoms with van der Waals surface area (Å²) in [6.07, 6.45) is 5.36. The summed E-state index contributed by atoms with van der Waals surface area (Å²) in [4.78, 5) is 15.9. The summed E-state index contributed by atoms with van der Waals surface area (Å²) >= 11 is 3.28. The molecule has 0 radical (unpaired) electrons. The number of aromatic nitrogens is 1. The number of nitrogens with one attached hydrogen (secondary N) is 1. The minimum atomic E-state index is -0.281. The second-order valence-corrected chi connectivity index (χ2v) is 5.60. The monoisotopic (exact) mass is 312 g/mol. The summed E-state index contributed by atoms with van der Waals surface area (Å²) in [5.74, 6) is -0.00146. The molecule has 0 spiro atoms. The number of amides is 1. The molecule has 2 rings (SSSR count). The Kier molecular flexibility index (Phi) is 4.72. The highest BCUT2D eigenvalue weighted by molar-refractivity contribution is 9.10. The molecule has 1 aromatic rings. The van der Waals surface area contributed by atoms with E-state index >= 15 is 0 Å². The minimum Gasteiger partial charge on any atom is -0.393 e. The van der Waals surface area contributed by atoms with Crippen molar-refractivity contribution >= 4 is 21.8 Å². The smallest absolute Gasteiger partial charge is 0.269 e. The Labute approximate surface area is 115 Å². The summed E-state index contributed by atoms with van der Waals surface area (Å²) in [7, 11) is 0. The third-order valence-electron chi connectivity index (χ3n) is 3.35. The Morgan fingerprint density at radius 2 is 2.22 bits per heavy atom. The maximum absolute atomic E-state index is 11.8. The van der Waals surface area contributed by atoms with Crippen LogP contribution in [0.5, 0.6) is 0 Å². The number of aliphatic hydroxyl groups is 1. The van der Waals surface area contributed by atoms with Gasteiger partial charge in [-0.15, -0.1) is 0 Å². The highest BCUT2D eigenvalue weighted by atomic mass is 79.9. The number of hydrogen-bond acceptors (Lipinski definition) is 3. The standard InChI is InChI=1S/C13H17BrN2O2/c14-10-5-6-11(15-8-10)13(18)16-7-9-3-1-2-4-12(9)17/h5-6,8-9,12,17H,1-4,7H2,(H,16,18). The van der Waals surface area contributed by atoms with Gasteiger partial charge < -0.3 is 10.4 Å². The third kappa shape index (κ3) is 3.53. The van der Waals surface area contributed by atoms with Gasteiger partial charge in [-0.3, -0.25) is 4.79 Å². The largest absolute Gasteiger partial charge is 0.393 e. The SMILES string of the molecule is O=C(NCC1CCCCC1O)c1ccc(Br)cn1. The number of nitrogens with zero attached hydrogens (tertiary/aromatic N) is 1. The molecule has 0 bridgehead atoms. The fourth-order valence-electron chi connectivity index (χ4n) is 2.25. The van der Waals surface area contributed by atoms with Crippen LogP contribution >= 0.6 is 15.9 Å². The second kappa shape index (κ2) is 6.29. The van der Waals surface area contributed by atoms with E-state index < -0.39 is 0 Å². The fraction of sp³-hybridized carbons (Fsp3) is 0.538. The number of hydrogen-bond donors (Lipinski definition) is 2. The van der Waals surface area contributed by atoms with Crippen LogP contribution in [0, 0.1) is 5.92 Å². The summed E-state index contributed by atoms with van der Waals surface area (Å²) in [5, 5.41) is 12.7. The van der Waals surface area contributed by atoms with Crippen molar-refractivity contribution < 1.29 is 9.90 Å². The van der Waals surface area contributed by atoms with Crippen LogP contribution in [0.3, 0.4) is 0 Å². The lowest BCUT2D eigenvalue weighted by Crippen LogP contribution is -2.36. The van der Waals surface area contributed by atoms with Gasteiger partial charge in [0.1, 0.15) is 5.69 Å². The van der Waals surface area contributed by atoms with Gasteiger partial charge in [0.2, 0.25) is 0 Å². The zero-order valence-corrected chi connectivity index (χ0v) is 11.7. The van der Waals surface area contributed by atoms with Crippen molar-refractivity contribution in [3.63, 3.8) is 0 Å². The van der Waals surface area contributed by atoms with Gasteiger partial charge in [-0.1, -0.05) is 12.8 Å². The quantitative estimate of drug-likeness (QED) is 0.898. The van der Waals surface area contributed by atoms with E-state index in [2.05, 4.69) is 26.2 Å². The fourth-order valence-corrected chi connectivity index (χ4v) is 2.49. The van der Waals surface area contributed by atoms with Crippen LogP contribution in [0.1, 0.15) is 36.2 Å². The lowest BCUT2D eigenvalue weighted by atomic mass is 9.86. The van der Waals surface area contributed by atoms with Crippen LogP contribution in [-0.2, 0) is 0 Å². The molecule has 4 nitrogen and oxygen atoms in total. The molecule has 1 saturated carbocycles. The van der Waals surface area contributed by atoms with Gasteiger partial charge >= 0.3 is 0 Å². The average Bonchev–Trinajstić information content (AvgIpc) is 2.38. The molecule has 18 heavy (non-hydrogen) atoms. The summed E-state index contributed by atoms with van der Waals surface area (Å²) in [6.45, 7) is 0.526. The molecule has 5 heteroatoms. The number of pyridine rings is 1. The van der Waals surface area contributed by atoms with Crippen molar-refractivity contribution in [2.45, 2.75) is 31.8 Å². The Morgan fingerprint density at radius 1 is 1.44 bits per heavy atom. The van der Waals surface area contributed by atoms with Crippen molar-refractivity contribution in [2.24, 2.45) is 5.92 Å². The lowest BCUT2D eigenvalue weighted by Gasteiger charge is -2.27. The average molecular weight is 313 g/mol. The Bertz CT molecular complexity index is 408. The van der Waals surface area contributed by atoms with Crippen LogP contribution < -0.4 is 5.32 Å². The Hall–Kier alpha value is -0.940. The van der Waals surface area contributed by atoms with Crippen molar-refractivity contribution in [3.05, 3.63) is 28.5 Å². The molecular formula is C13H17BrN2O2. The first-order valence-corrected chi connectivity index (χ1v) is 7.04. The van der Waals surface area contributed by atoms with Gasteiger partial charge in [-0.25, -0.2) is 4.98 Å². The predicted molar refractivity (Wildman–Crippen MR) is 72.2 cm³/mol. The molecule has 98 valence electrons. The normalized spacial score (nSPS) is 23.7. The number of carbonyl (C=O) groups excluding carboxylic acids is 1. The highest BCUT2D eigenvalue weighted by Gasteiger charge is 2.23. The van der Waals surface area contributed by atoms with E-state index in [1.807, 2.05) is 0 Å². The van der Waals surface area contributed by atoms with E-state index in [1.165, 1.54) is 0 Å². The molecular weight excluding hydrogens is 296 g/mol. The van der Waals surface area contributed by atoms with E-state index in [4.69, 9.17) is 0 Å². The first kappa shape index (κ1) is 13.5. The van der Waals surface area contributed by atoms with Gasteiger partial charge in [0.05, 0.1) is 6.10 Å². The molecule has 1 aliphatic carbocycles. The maximum atomic E-state index is 11.8. The molecule has 1 amide bonds. The number of carbonyl (C=O) groups is 1. The van der Waals surface area contributed by atoms with E-state index in [9.17, 15) is 9.90 Å². The number of rotatable bonds is 3. The van der Waals surface area contributed by atoms with Crippen LogP contribution in [-0.4, -0.2) is 28.6 Å². The zero-order chi connectivity index (χ0) is 13.0. The van der Waals surface area contributed by atoms with Crippen LogP contribution in [0.2, 0.25) is 0 Å². The lowest BCUT2D eigenvalue weighted by molar-refractivity contribution is 0.0661.